The summed E-state index contributed by atoms with van der Waals surface area (Å²) < 4.78 is 5.79. The lowest BCUT2D eigenvalue weighted by molar-refractivity contribution is 0.291. The summed E-state index contributed by atoms with van der Waals surface area (Å²) in [5, 5.41) is 0. The smallest absolute Gasteiger partial charge is 0.123 e. The van der Waals surface area contributed by atoms with Gasteiger partial charge in [-0.2, -0.15) is 0 Å². The molecule has 21 heavy (non-hydrogen) atoms. The van der Waals surface area contributed by atoms with Gasteiger partial charge in [-0.15, -0.1) is 0 Å². The van der Waals surface area contributed by atoms with E-state index < -0.39 is 0 Å². The molecule has 0 spiro atoms. The molecule has 0 amide bonds. The highest BCUT2D eigenvalue weighted by atomic mass is 16.5. The number of rotatable bonds is 1. The molecule has 0 aromatic heterocycles. The van der Waals surface area contributed by atoms with Crippen molar-refractivity contribution in [3.05, 3.63) is 53.1 Å². The maximum absolute atomic E-state index is 6.21. The van der Waals surface area contributed by atoms with Gasteiger partial charge in [0.1, 0.15) is 5.75 Å². The highest BCUT2D eigenvalue weighted by molar-refractivity contribution is 5.72. The lowest BCUT2D eigenvalue weighted by Gasteiger charge is -2.17. The molecule has 0 bridgehead atoms. The topological polar surface area (TPSA) is 35.2 Å². The van der Waals surface area contributed by atoms with E-state index in [1.807, 2.05) is 0 Å². The molecule has 2 aromatic rings. The van der Waals surface area contributed by atoms with Crippen molar-refractivity contribution in [2.45, 2.75) is 38.1 Å². The molecule has 0 fully saturated rings. The van der Waals surface area contributed by atoms with Crippen LogP contribution in [0.1, 0.15) is 43.0 Å². The van der Waals surface area contributed by atoms with Crippen molar-refractivity contribution in [3.63, 3.8) is 0 Å². The number of hydrogen-bond acceptors (Lipinski definition) is 2. The Balaban J connectivity index is 1.86. The van der Waals surface area contributed by atoms with E-state index in [-0.39, 0.29) is 11.5 Å². The predicted molar refractivity (Wildman–Crippen MR) is 85.6 cm³/mol. The first-order valence-electron chi connectivity index (χ1n) is 7.71. The first kappa shape index (κ1) is 12.9. The number of ether oxygens (including phenoxy) is 1. The van der Waals surface area contributed by atoms with Gasteiger partial charge in [-0.3, -0.25) is 0 Å². The van der Waals surface area contributed by atoms with Crippen LogP contribution in [0.5, 0.6) is 5.75 Å². The molecule has 1 heterocycles. The summed E-state index contributed by atoms with van der Waals surface area (Å²) in [4.78, 5) is 0. The Hall–Kier alpha value is -1.80. The van der Waals surface area contributed by atoms with E-state index in [1.165, 1.54) is 27.8 Å². The van der Waals surface area contributed by atoms with E-state index in [2.05, 4.69) is 50.2 Å². The molecule has 1 aliphatic heterocycles. The molecule has 2 heteroatoms. The van der Waals surface area contributed by atoms with Crippen LogP contribution < -0.4 is 10.5 Å². The van der Waals surface area contributed by atoms with Crippen LogP contribution in [0.3, 0.4) is 0 Å². The molecule has 2 nitrogen and oxygen atoms in total. The molecule has 4 rings (SSSR count). The van der Waals surface area contributed by atoms with Crippen molar-refractivity contribution in [3.8, 4) is 16.9 Å². The second-order valence-electron chi connectivity index (χ2n) is 6.90. The van der Waals surface area contributed by atoms with Crippen LogP contribution in [-0.2, 0) is 11.8 Å². The summed E-state index contributed by atoms with van der Waals surface area (Å²) in [7, 11) is 0. The van der Waals surface area contributed by atoms with Gasteiger partial charge >= 0.3 is 0 Å². The number of fused-ring (bicyclic) bond motifs is 2. The summed E-state index contributed by atoms with van der Waals surface area (Å²) >= 11 is 0. The first-order chi connectivity index (χ1) is 10.1. The van der Waals surface area contributed by atoms with Crippen LogP contribution in [0.15, 0.2) is 36.4 Å². The molecule has 1 aliphatic carbocycles. The molecular weight excluding hydrogens is 258 g/mol. The molecule has 2 aromatic carbocycles. The SMILES string of the molecule is CC1(C)COc2ccc(-c3cccc4c3CCC4N)cc21. The second-order valence-corrected chi connectivity index (χ2v) is 6.90. The van der Waals surface area contributed by atoms with Gasteiger partial charge in [-0.25, -0.2) is 0 Å². The number of nitrogens with two attached hydrogens (primary N) is 1. The van der Waals surface area contributed by atoms with Crippen molar-refractivity contribution in [2.75, 3.05) is 6.61 Å². The summed E-state index contributed by atoms with van der Waals surface area (Å²) in [5.74, 6) is 1.04. The standard InChI is InChI=1S/C19H21NO/c1-19(2)11-21-18-9-6-12(10-16(18)19)13-4-3-5-15-14(13)7-8-17(15)20/h3-6,9-10,17H,7-8,11,20H2,1-2H3. The van der Waals surface area contributed by atoms with Crippen molar-refractivity contribution >= 4 is 0 Å². The third kappa shape index (κ3) is 1.90. The molecule has 2 aliphatic rings. The van der Waals surface area contributed by atoms with Crippen molar-refractivity contribution in [1.82, 2.24) is 0 Å². The van der Waals surface area contributed by atoms with Gasteiger partial charge in [0, 0.05) is 17.0 Å². The molecule has 2 N–H and O–H groups in total. The van der Waals surface area contributed by atoms with Crippen molar-refractivity contribution < 1.29 is 4.74 Å². The summed E-state index contributed by atoms with van der Waals surface area (Å²) in [6, 6.07) is 13.3. The van der Waals surface area contributed by atoms with Crippen LogP contribution in [0, 0.1) is 0 Å². The van der Waals surface area contributed by atoms with Crippen LogP contribution in [0.2, 0.25) is 0 Å². The first-order valence-corrected chi connectivity index (χ1v) is 7.71. The number of benzene rings is 2. The minimum Gasteiger partial charge on any atom is -0.492 e. The average molecular weight is 279 g/mol. The third-order valence-corrected chi connectivity index (χ3v) is 4.93. The predicted octanol–water partition coefficient (Wildman–Crippen LogP) is 3.97. The van der Waals surface area contributed by atoms with Gasteiger partial charge < -0.3 is 10.5 Å². The molecular formula is C19H21NO. The zero-order valence-corrected chi connectivity index (χ0v) is 12.6. The van der Waals surface area contributed by atoms with Crippen LogP contribution in [0.25, 0.3) is 11.1 Å². The van der Waals surface area contributed by atoms with Gasteiger partial charge in [0.15, 0.2) is 0 Å². The van der Waals surface area contributed by atoms with E-state index in [0.717, 1.165) is 25.2 Å². The summed E-state index contributed by atoms with van der Waals surface area (Å²) in [6.07, 6.45) is 2.15. The van der Waals surface area contributed by atoms with E-state index in [4.69, 9.17) is 10.5 Å². The van der Waals surface area contributed by atoms with Gasteiger partial charge in [0.05, 0.1) is 6.61 Å². The Morgan fingerprint density at radius 3 is 2.90 bits per heavy atom. The lowest BCUT2D eigenvalue weighted by atomic mass is 9.85. The minimum absolute atomic E-state index is 0.0969. The Kier molecular flexibility index (Phi) is 2.67. The number of hydrogen-bond donors (Lipinski definition) is 1. The van der Waals surface area contributed by atoms with Crippen LogP contribution >= 0.6 is 0 Å². The van der Waals surface area contributed by atoms with Gasteiger partial charge in [0.25, 0.3) is 0 Å². The summed E-state index contributed by atoms with van der Waals surface area (Å²) in [5.41, 5.74) is 13.0. The fourth-order valence-corrected chi connectivity index (χ4v) is 3.65. The Morgan fingerprint density at radius 1 is 1.19 bits per heavy atom. The molecule has 0 radical (unpaired) electrons. The largest absolute Gasteiger partial charge is 0.492 e. The molecule has 1 unspecified atom stereocenters. The lowest BCUT2D eigenvalue weighted by Crippen LogP contribution is -2.18. The van der Waals surface area contributed by atoms with E-state index in [9.17, 15) is 0 Å². The fourth-order valence-electron chi connectivity index (χ4n) is 3.65. The quantitative estimate of drug-likeness (QED) is 0.857. The van der Waals surface area contributed by atoms with Gasteiger partial charge in [-0.05, 0) is 47.2 Å². The third-order valence-electron chi connectivity index (χ3n) is 4.93. The highest BCUT2D eigenvalue weighted by Gasteiger charge is 2.32. The van der Waals surface area contributed by atoms with Gasteiger partial charge in [0.2, 0.25) is 0 Å². The molecule has 1 atom stereocenters. The Morgan fingerprint density at radius 2 is 2.05 bits per heavy atom. The monoisotopic (exact) mass is 279 g/mol. The minimum atomic E-state index is 0.0969. The molecule has 0 saturated carbocycles. The normalized spacial score (nSPS) is 21.8. The van der Waals surface area contributed by atoms with E-state index in [0.29, 0.717) is 0 Å². The molecule has 108 valence electrons. The van der Waals surface area contributed by atoms with Crippen molar-refractivity contribution in [2.24, 2.45) is 5.73 Å². The zero-order chi connectivity index (χ0) is 14.6. The van der Waals surface area contributed by atoms with Crippen LogP contribution in [-0.4, -0.2) is 6.61 Å². The maximum Gasteiger partial charge on any atom is 0.123 e. The summed E-state index contributed by atoms with van der Waals surface area (Å²) in [6.45, 7) is 5.26. The average Bonchev–Trinajstić information content (AvgIpc) is 3.00. The second kappa shape index (κ2) is 4.35. The van der Waals surface area contributed by atoms with E-state index >= 15 is 0 Å². The Bertz CT molecular complexity index is 718. The van der Waals surface area contributed by atoms with E-state index in [1.54, 1.807) is 0 Å². The highest BCUT2D eigenvalue weighted by Crippen LogP contribution is 2.42. The van der Waals surface area contributed by atoms with Gasteiger partial charge in [-0.1, -0.05) is 38.1 Å². The fraction of sp³-hybridized carbons (Fsp3) is 0.368. The van der Waals surface area contributed by atoms with Crippen LogP contribution in [0.4, 0.5) is 0 Å². The Labute approximate surface area is 125 Å². The van der Waals surface area contributed by atoms with Crippen molar-refractivity contribution in [1.29, 1.82) is 0 Å². The maximum atomic E-state index is 6.21. The molecule has 0 saturated heterocycles. The zero-order valence-electron chi connectivity index (χ0n) is 12.6.